The summed E-state index contributed by atoms with van der Waals surface area (Å²) >= 11 is 0. The quantitative estimate of drug-likeness (QED) is 0.458. The summed E-state index contributed by atoms with van der Waals surface area (Å²) in [6.07, 6.45) is 4.80. The summed E-state index contributed by atoms with van der Waals surface area (Å²) in [5.41, 5.74) is 3.70. The molecule has 4 rings (SSSR count). The molecular weight excluding hydrogens is 446 g/mol. The Labute approximate surface area is 204 Å². The van der Waals surface area contributed by atoms with Gasteiger partial charge in [-0.1, -0.05) is 60.5 Å². The molecule has 3 N–H and O–H groups in total. The number of carboxylic acids is 2. The summed E-state index contributed by atoms with van der Waals surface area (Å²) in [4.78, 5) is 38.3. The van der Waals surface area contributed by atoms with Gasteiger partial charge < -0.3 is 20.4 Å². The van der Waals surface area contributed by atoms with Crippen molar-refractivity contribution in [2.45, 2.75) is 38.6 Å². The Morgan fingerprint density at radius 2 is 1.57 bits per heavy atom. The number of piperidine rings is 1. The zero-order valence-electron chi connectivity index (χ0n) is 19.8. The van der Waals surface area contributed by atoms with E-state index in [9.17, 15) is 4.79 Å². The van der Waals surface area contributed by atoms with Gasteiger partial charge in [0.25, 0.3) is 5.91 Å². The number of likely N-dealkylation sites (tertiary alicyclic amines) is 1. The fourth-order valence-corrected chi connectivity index (χ4v) is 4.04. The largest absolute Gasteiger partial charge is 0.473 e. The van der Waals surface area contributed by atoms with Gasteiger partial charge in [0, 0.05) is 11.9 Å². The molecule has 1 fully saturated rings. The van der Waals surface area contributed by atoms with Crippen molar-refractivity contribution in [2.24, 2.45) is 0 Å². The fourth-order valence-electron chi connectivity index (χ4n) is 4.04. The number of nitrogens with one attached hydrogen (secondary N) is 1. The van der Waals surface area contributed by atoms with Crippen LogP contribution in [0.25, 0.3) is 10.9 Å². The molecule has 0 bridgehead atoms. The topological polar surface area (TPSA) is 120 Å². The highest BCUT2D eigenvalue weighted by atomic mass is 16.4. The lowest BCUT2D eigenvalue weighted by molar-refractivity contribution is -0.159. The third-order valence-electron chi connectivity index (χ3n) is 5.98. The second-order valence-electron chi connectivity index (χ2n) is 8.63. The van der Waals surface area contributed by atoms with Crippen molar-refractivity contribution < 1.29 is 24.6 Å². The zero-order chi connectivity index (χ0) is 25.2. The van der Waals surface area contributed by atoms with Crippen molar-refractivity contribution in [3.8, 4) is 0 Å². The van der Waals surface area contributed by atoms with E-state index >= 15 is 0 Å². The lowest BCUT2D eigenvalue weighted by Gasteiger charge is -2.28. The summed E-state index contributed by atoms with van der Waals surface area (Å²) in [5.74, 6) is -3.76. The normalized spacial score (nSPS) is 14.4. The van der Waals surface area contributed by atoms with Crippen molar-refractivity contribution >= 4 is 28.7 Å². The summed E-state index contributed by atoms with van der Waals surface area (Å²) in [6.45, 7) is 5.43. The monoisotopic (exact) mass is 477 g/mol. The number of amides is 1. The first-order valence-corrected chi connectivity index (χ1v) is 11.8. The molecule has 0 spiro atoms. The van der Waals surface area contributed by atoms with Crippen LogP contribution in [0.5, 0.6) is 0 Å². The Morgan fingerprint density at radius 3 is 2.23 bits per heavy atom. The molecule has 1 saturated heterocycles. The van der Waals surface area contributed by atoms with Gasteiger partial charge >= 0.3 is 11.9 Å². The first kappa shape index (κ1) is 25.8. The number of rotatable bonds is 6. The van der Waals surface area contributed by atoms with E-state index in [1.165, 1.54) is 37.9 Å². The van der Waals surface area contributed by atoms with E-state index in [1.807, 2.05) is 36.4 Å². The molecule has 35 heavy (non-hydrogen) atoms. The SMILES string of the molecule is Cc1ccc(C(CCN2CCCCC2)NC(=O)c2ccc3ccccc3n2)cc1.O=C(O)C(=O)O. The van der Waals surface area contributed by atoms with Gasteiger partial charge in [0.2, 0.25) is 0 Å². The standard InChI is InChI=1S/C25H29N3O.C2H2O4/c1-19-9-11-21(12-10-19)23(15-18-28-16-5-2-6-17-28)27-25(29)24-14-13-20-7-3-4-8-22(20)26-24;3-1(4)2(5)6/h3-4,7-14,23H,2,5-6,15-18H2,1H3,(H,27,29);(H,3,4)(H,5,6). The van der Waals surface area contributed by atoms with Gasteiger partial charge in [-0.05, 0) is 57.0 Å². The molecule has 8 heteroatoms. The third kappa shape index (κ3) is 7.89. The minimum atomic E-state index is -1.82. The molecule has 1 amide bonds. The van der Waals surface area contributed by atoms with Crippen molar-refractivity contribution in [1.82, 2.24) is 15.2 Å². The number of hydrogen-bond donors (Lipinski definition) is 3. The molecule has 1 atom stereocenters. The molecule has 184 valence electrons. The van der Waals surface area contributed by atoms with Crippen molar-refractivity contribution in [3.63, 3.8) is 0 Å². The maximum absolute atomic E-state index is 13.0. The molecule has 1 aromatic heterocycles. The minimum Gasteiger partial charge on any atom is -0.473 e. The maximum Gasteiger partial charge on any atom is 0.414 e. The summed E-state index contributed by atoms with van der Waals surface area (Å²) in [5, 5.41) is 19.1. The number of carbonyl (C=O) groups excluding carboxylic acids is 1. The highest BCUT2D eigenvalue weighted by Crippen LogP contribution is 2.21. The van der Waals surface area contributed by atoms with E-state index in [-0.39, 0.29) is 11.9 Å². The Hall–Kier alpha value is -3.78. The van der Waals surface area contributed by atoms with E-state index in [2.05, 4.69) is 46.4 Å². The van der Waals surface area contributed by atoms with E-state index in [0.717, 1.165) is 29.4 Å². The van der Waals surface area contributed by atoms with E-state index in [4.69, 9.17) is 19.8 Å². The van der Waals surface area contributed by atoms with Crippen LogP contribution in [-0.4, -0.2) is 57.6 Å². The number of para-hydroxylation sites is 1. The van der Waals surface area contributed by atoms with Gasteiger partial charge in [-0.15, -0.1) is 0 Å². The van der Waals surface area contributed by atoms with E-state index in [1.54, 1.807) is 0 Å². The lowest BCUT2D eigenvalue weighted by atomic mass is 10.0. The predicted octanol–water partition coefficient (Wildman–Crippen LogP) is 4.05. The van der Waals surface area contributed by atoms with Crippen LogP contribution >= 0.6 is 0 Å². The third-order valence-corrected chi connectivity index (χ3v) is 5.98. The van der Waals surface area contributed by atoms with Crippen LogP contribution in [0, 0.1) is 6.92 Å². The molecule has 2 aromatic carbocycles. The number of carbonyl (C=O) groups is 3. The van der Waals surface area contributed by atoms with Crippen LogP contribution in [0.3, 0.4) is 0 Å². The number of hydrogen-bond acceptors (Lipinski definition) is 5. The van der Waals surface area contributed by atoms with Crippen LogP contribution in [0.15, 0.2) is 60.7 Å². The van der Waals surface area contributed by atoms with Crippen LogP contribution < -0.4 is 5.32 Å². The first-order chi connectivity index (χ1) is 16.8. The predicted molar refractivity (Wildman–Crippen MR) is 133 cm³/mol. The molecule has 0 radical (unpaired) electrons. The summed E-state index contributed by atoms with van der Waals surface area (Å²) < 4.78 is 0. The van der Waals surface area contributed by atoms with E-state index in [0.29, 0.717) is 5.69 Å². The van der Waals surface area contributed by atoms with Crippen molar-refractivity contribution in [1.29, 1.82) is 0 Å². The van der Waals surface area contributed by atoms with Gasteiger partial charge in [-0.2, -0.15) is 0 Å². The van der Waals surface area contributed by atoms with Crippen LogP contribution in [0.1, 0.15) is 53.3 Å². The maximum atomic E-state index is 13.0. The van der Waals surface area contributed by atoms with Gasteiger partial charge in [-0.3, -0.25) is 4.79 Å². The highest BCUT2D eigenvalue weighted by molar-refractivity contribution is 6.27. The molecule has 1 aliphatic heterocycles. The van der Waals surface area contributed by atoms with Crippen LogP contribution in [0.2, 0.25) is 0 Å². The number of aliphatic carboxylic acids is 2. The summed E-state index contributed by atoms with van der Waals surface area (Å²) in [6, 6.07) is 20.1. The minimum absolute atomic E-state index is 0.0155. The van der Waals surface area contributed by atoms with Gasteiger partial charge in [0.1, 0.15) is 5.69 Å². The molecule has 2 heterocycles. The van der Waals surface area contributed by atoms with Crippen LogP contribution in [0.4, 0.5) is 0 Å². The lowest BCUT2D eigenvalue weighted by Crippen LogP contribution is -2.35. The number of benzene rings is 2. The Balaban J connectivity index is 0.000000509. The van der Waals surface area contributed by atoms with Gasteiger partial charge in [-0.25, -0.2) is 14.6 Å². The molecule has 1 unspecified atom stereocenters. The second-order valence-corrected chi connectivity index (χ2v) is 8.63. The average Bonchev–Trinajstić information content (AvgIpc) is 2.87. The molecular formula is C27H31N3O5. The first-order valence-electron chi connectivity index (χ1n) is 11.8. The zero-order valence-corrected chi connectivity index (χ0v) is 19.8. The Bertz CT molecular complexity index is 1140. The van der Waals surface area contributed by atoms with Gasteiger partial charge in [0.05, 0.1) is 11.6 Å². The second kappa shape index (κ2) is 12.6. The van der Waals surface area contributed by atoms with E-state index < -0.39 is 11.9 Å². The fraction of sp³-hybridized carbons (Fsp3) is 0.333. The molecule has 0 saturated carbocycles. The van der Waals surface area contributed by atoms with Crippen LogP contribution in [-0.2, 0) is 9.59 Å². The number of fused-ring (bicyclic) bond motifs is 1. The summed E-state index contributed by atoms with van der Waals surface area (Å²) in [7, 11) is 0. The molecule has 1 aliphatic rings. The van der Waals surface area contributed by atoms with Crippen molar-refractivity contribution in [3.05, 3.63) is 77.5 Å². The number of aryl methyl sites for hydroxylation is 1. The number of pyridine rings is 1. The number of nitrogens with zero attached hydrogens (tertiary/aromatic N) is 2. The molecule has 3 aromatic rings. The Morgan fingerprint density at radius 1 is 0.914 bits per heavy atom. The Kier molecular flexibility index (Phi) is 9.31. The molecule has 8 nitrogen and oxygen atoms in total. The number of aromatic nitrogens is 1. The van der Waals surface area contributed by atoms with Gasteiger partial charge in [0.15, 0.2) is 0 Å². The van der Waals surface area contributed by atoms with Crippen molar-refractivity contribution in [2.75, 3.05) is 19.6 Å². The molecule has 0 aliphatic carbocycles. The smallest absolute Gasteiger partial charge is 0.414 e. The number of carboxylic acid groups (broad SMARTS) is 2. The average molecular weight is 478 g/mol. The highest BCUT2D eigenvalue weighted by Gasteiger charge is 2.19.